The third-order valence-electron chi connectivity index (χ3n) is 3.92. The summed E-state index contributed by atoms with van der Waals surface area (Å²) < 4.78 is 10.2. The summed E-state index contributed by atoms with van der Waals surface area (Å²) in [7, 11) is 0. The van der Waals surface area contributed by atoms with E-state index in [1.165, 1.54) is 30.3 Å². The van der Waals surface area contributed by atoms with Gasteiger partial charge in [0.2, 0.25) is 5.76 Å². The number of ether oxygens (including phenoxy) is 1. The average Bonchev–Trinajstić information content (AvgIpc) is 3.43. The molecule has 2 heterocycles. The number of carbonyl (C=O) groups is 2. The Balaban J connectivity index is 1.24. The maximum absolute atomic E-state index is 12.0. The number of para-hydroxylation sites is 2. The number of rotatable bonds is 7. The van der Waals surface area contributed by atoms with Crippen molar-refractivity contribution < 1.29 is 18.7 Å². The fourth-order valence-electron chi connectivity index (χ4n) is 2.52. The lowest BCUT2D eigenvalue weighted by atomic mass is 10.2. The Bertz CT molecular complexity index is 1150. The van der Waals surface area contributed by atoms with Crippen molar-refractivity contribution in [3.8, 4) is 5.75 Å². The second-order valence-corrected chi connectivity index (χ2v) is 7.04. The maximum atomic E-state index is 12.0. The Morgan fingerprint density at radius 2 is 1.97 bits per heavy atom. The summed E-state index contributed by atoms with van der Waals surface area (Å²) in [5.74, 6) is -0.140. The van der Waals surface area contributed by atoms with Gasteiger partial charge in [0.25, 0.3) is 5.91 Å². The molecule has 150 valence electrons. The highest BCUT2D eigenvalue weighted by molar-refractivity contribution is 7.99. The van der Waals surface area contributed by atoms with Crippen molar-refractivity contribution in [3.63, 3.8) is 0 Å². The number of hydrogen-bond donors (Lipinski definition) is 2. The number of fused-ring (bicyclic) bond motifs is 1. The number of nitrogens with zero attached hydrogens (tertiary/aromatic N) is 2. The molecule has 0 aliphatic rings. The molecule has 0 atom stereocenters. The van der Waals surface area contributed by atoms with E-state index in [0.29, 0.717) is 10.9 Å². The molecule has 4 aromatic rings. The van der Waals surface area contributed by atoms with E-state index in [2.05, 4.69) is 20.5 Å². The Morgan fingerprint density at radius 1 is 1.13 bits per heavy atom. The second kappa shape index (κ2) is 9.10. The normalized spacial score (nSPS) is 11.1. The van der Waals surface area contributed by atoms with E-state index in [0.717, 1.165) is 16.6 Å². The number of hydrogen-bond acceptors (Lipinski definition) is 7. The summed E-state index contributed by atoms with van der Waals surface area (Å²) in [5.41, 5.74) is 4.99. The molecule has 0 unspecified atom stereocenters. The monoisotopic (exact) mass is 420 g/mol. The molecule has 0 aliphatic heterocycles. The van der Waals surface area contributed by atoms with Gasteiger partial charge in [-0.3, -0.25) is 4.79 Å². The van der Waals surface area contributed by atoms with Crippen LogP contribution in [0.2, 0.25) is 0 Å². The van der Waals surface area contributed by atoms with E-state index >= 15 is 0 Å². The third-order valence-corrected chi connectivity index (χ3v) is 4.80. The lowest BCUT2D eigenvalue weighted by Crippen LogP contribution is -2.19. The predicted octanol–water partition coefficient (Wildman–Crippen LogP) is 3.62. The molecule has 0 spiro atoms. The Labute approximate surface area is 175 Å². The highest BCUT2D eigenvalue weighted by atomic mass is 32.2. The van der Waals surface area contributed by atoms with Crippen LogP contribution < -0.4 is 10.2 Å². The molecule has 1 amide bonds. The van der Waals surface area contributed by atoms with Crippen LogP contribution >= 0.6 is 11.8 Å². The van der Waals surface area contributed by atoms with Crippen LogP contribution in [0, 0.1) is 0 Å². The largest absolute Gasteiger partial charge is 0.457 e. The summed E-state index contributed by atoms with van der Waals surface area (Å²) >= 11 is 1.30. The Hall–Kier alpha value is -3.85. The third kappa shape index (κ3) is 4.95. The van der Waals surface area contributed by atoms with Gasteiger partial charge in [-0.2, -0.15) is 5.10 Å². The maximum Gasteiger partial charge on any atom is 0.379 e. The fourth-order valence-corrected chi connectivity index (χ4v) is 3.19. The first kappa shape index (κ1) is 19.5. The van der Waals surface area contributed by atoms with Crippen molar-refractivity contribution in [3.05, 3.63) is 78.3 Å². The first-order chi connectivity index (χ1) is 14.7. The van der Waals surface area contributed by atoms with Gasteiger partial charge < -0.3 is 14.1 Å². The van der Waals surface area contributed by atoms with E-state index in [1.54, 1.807) is 30.3 Å². The topological polar surface area (TPSA) is 110 Å². The number of H-pyrrole nitrogens is 1. The number of carbonyl (C=O) groups excluding carboxylic acids is 2. The molecule has 9 heteroatoms. The zero-order valence-electron chi connectivity index (χ0n) is 15.6. The highest BCUT2D eigenvalue weighted by Crippen LogP contribution is 2.18. The number of nitrogens with one attached hydrogen (secondary N) is 2. The number of imidazole rings is 1. The first-order valence-corrected chi connectivity index (χ1v) is 9.91. The fraction of sp³-hybridized carbons (Fsp3) is 0.0476. The van der Waals surface area contributed by atoms with Crippen LogP contribution in [-0.4, -0.2) is 33.8 Å². The van der Waals surface area contributed by atoms with Crippen molar-refractivity contribution in [2.24, 2.45) is 5.10 Å². The van der Waals surface area contributed by atoms with Gasteiger partial charge in [0.05, 0.1) is 29.3 Å². The quantitative estimate of drug-likeness (QED) is 0.155. The molecular formula is C21H16N4O4S. The van der Waals surface area contributed by atoms with E-state index < -0.39 is 5.97 Å². The molecule has 30 heavy (non-hydrogen) atoms. The minimum Gasteiger partial charge on any atom is -0.457 e. The summed E-state index contributed by atoms with van der Waals surface area (Å²) in [6.07, 6.45) is 2.90. The van der Waals surface area contributed by atoms with Gasteiger partial charge in [0, 0.05) is 0 Å². The lowest BCUT2D eigenvalue weighted by Gasteiger charge is -2.02. The molecule has 8 nitrogen and oxygen atoms in total. The predicted molar refractivity (Wildman–Crippen MR) is 113 cm³/mol. The number of aromatic amines is 1. The first-order valence-electron chi connectivity index (χ1n) is 8.92. The molecule has 0 saturated carbocycles. The number of hydrazone groups is 1. The van der Waals surface area contributed by atoms with E-state index in [-0.39, 0.29) is 17.4 Å². The van der Waals surface area contributed by atoms with Crippen LogP contribution in [0.3, 0.4) is 0 Å². The van der Waals surface area contributed by atoms with Gasteiger partial charge in [-0.15, -0.1) is 0 Å². The molecular weight excluding hydrogens is 404 g/mol. The second-order valence-electron chi connectivity index (χ2n) is 6.08. The van der Waals surface area contributed by atoms with Crippen molar-refractivity contribution in [2.45, 2.75) is 5.16 Å². The van der Waals surface area contributed by atoms with Gasteiger partial charge in [-0.1, -0.05) is 23.9 Å². The van der Waals surface area contributed by atoms with E-state index in [9.17, 15) is 9.59 Å². The van der Waals surface area contributed by atoms with Crippen molar-refractivity contribution in [1.82, 2.24) is 15.4 Å². The molecule has 4 rings (SSSR count). The molecule has 0 bridgehead atoms. The van der Waals surface area contributed by atoms with Gasteiger partial charge in [-0.05, 0) is 54.1 Å². The average molecular weight is 420 g/mol. The van der Waals surface area contributed by atoms with Crippen LogP contribution in [0.1, 0.15) is 16.1 Å². The van der Waals surface area contributed by atoms with Gasteiger partial charge >= 0.3 is 5.97 Å². The molecule has 2 N–H and O–H groups in total. The summed E-state index contributed by atoms with van der Waals surface area (Å²) in [4.78, 5) is 31.3. The minimum atomic E-state index is -0.573. The van der Waals surface area contributed by atoms with Crippen molar-refractivity contribution in [2.75, 3.05) is 5.75 Å². The Kier molecular flexibility index (Phi) is 5.90. The Morgan fingerprint density at radius 3 is 2.73 bits per heavy atom. The molecule has 0 radical (unpaired) electrons. The van der Waals surface area contributed by atoms with E-state index in [1.807, 2.05) is 24.3 Å². The summed E-state index contributed by atoms with van der Waals surface area (Å²) in [6.45, 7) is 0. The van der Waals surface area contributed by atoms with Crippen molar-refractivity contribution in [1.29, 1.82) is 0 Å². The highest BCUT2D eigenvalue weighted by Gasteiger charge is 2.11. The van der Waals surface area contributed by atoms with E-state index in [4.69, 9.17) is 9.15 Å². The number of thioether (sulfide) groups is 1. The van der Waals surface area contributed by atoms with Gasteiger partial charge in [0.15, 0.2) is 5.16 Å². The zero-order valence-corrected chi connectivity index (χ0v) is 16.4. The zero-order chi connectivity index (χ0) is 20.8. The standard InChI is InChI=1S/C21H16N4O4S/c26-19(13-30-21-23-16-4-1-2-5-17(16)24-21)25-22-12-14-7-9-15(10-8-14)29-20(27)18-6-3-11-28-18/h1-12H,13H2,(H,23,24)(H,25,26)/b22-12-. The minimum absolute atomic E-state index is 0.129. The van der Waals surface area contributed by atoms with Crippen LogP contribution in [0.4, 0.5) is 0 Å². The van der Waals surface area contributed by atoms with Crippen LogP contribution in [0.5, 0.6) is 5.75 Å². The molecule has 2 aromatic heterocycles. The van der Waals surface area contributed by atoms with Gasteiger partial charge in [-0.25, -0.2) is 15.2 Å². The number of aromatic nitrogens is 2. The summed E-state index contributed by atoms with van der Waals surface area (Å²) in [5, 5.41) is 4.61. The van der Waals surface area contributed by atoms with Crippen LogP contribution in [-0.2, 0) is 4.79 Å². The molecule has 2 aromatic carbocycles. The number of esters is 1. The number of amides is 1. The molecule has 0 aliphatic carbocycles. The smallest absolute Gasteiger partial charge is 0.379 e. The number of furan rings is 1. The van der Waals surface area contributed by atoms with Crippen LogP contribution in [0.15, 0.2) is 81.6 Å². The number of benzene rings is 2. The van der Waals surface area contributed by atoms with Crippen molar-refractivity contribution >= 4 is 40.9 Å². The van der Waals surface area contributed by atoms with Gasteiger partial charge in [0.1, 0.15) is 5.75 Å². The molecule has 0 saturated heterocycles. The lowest BCUT2D eigenvalue weighted by molar-refractivity contribution is -0.118. The molecule has 0 fully saturated rings. The SMILES string of the molecule is O=C(CSc1nc2ccccc2[nH]1)N/N=C\c1ccc(OC(=O)c2ccco2)cc1. The summed E-state index contributed by atoms with van der Waals surface area (Å²) in [6, 6.07) is 17.5. The van der Waals surface area contributed by atoms with Crippen LogP contribution in [0.25, 0.3) is 11.0 Å².